The Balaban J connectivity index is 1.94. The van der Waals surface area contributed by atoms with Crippen molar-refractivity contribution in [3.63, 3.8) is 0 Å². The zero-order valence-electron chi connectivity index (χ0n) is 12.9. The van der Waals surface area contributed by atoms with E-state index >= 15 is 0 Å². The maximum Gasteiger partial charge on any atom is 0.261 e. The van der Waals surface area contributed by atoms with Crippen LogP contribution in [0.1, 0.15) is 36.5 Å². The number of carbonyl (C=O) groups is 1. The second kappa shape index (κ2) is 9.22. The molecule has 7 heteroatoms. The lowest BCUT2D eigenvalue weighted by Gasteiger charge is -2.12. The van der Waals surface area contributed by atoms with E-state index < -0.39 is 0 Å². The number of nitrogens with one attached hydrogen (secondary N) is 2. The van der Waals surface area contributed by atoms with Crippen LogP contribution in [0, 0.1) is 0 Å². The van der Waals surface area contributed by atoms with E-state index in [0.717, 1.165) is 19.3 Å². The largest absolute Gasteiger partial charge is 0.493 e. The maximum atomic E-state index is 12.4. The fourth-order valence-electron chi connectivity index (χ4n) is 1.90. The van der Waals surface area contributed by atoms with Crippen molar-refractivity contribution in [1.29, 1.82) is 0 Å². The zero-order valence-corrected chi connectivity index (χ0v) is 14.5. The molecule has 5 nitrogen and oxygen atoms in total. The summed E-state index contributed by atoms with van der Waals surface area (Å²) in [7, 11) is 0. The van der Waals surface area contributed by atoms with Crippen LogP contribution >= 0.6 is 23.6 Å². The normalized spacial score (nSPS) is 10.1. The van der Waals surface area contributed by atoms with E-state index in [1.165, 1.54) is 11.3 Å². The first-order valence-electron chi connectivity index (χ1n) is 7.44. The quantitative estimate of drug-likeness (QED) is 0.587. The van der Waals surface area contributed by atoms with E-state index in [1.807, 2.05) is 11.4 Å². The van der Waals surface area contributed by atoms with Gasteiger partial charge in [0.05, 0.1) is 12.2 Å². The van der Waals surface area contributed by atoms with Crippen LogP contribution in [0.5, 0.6) is 5.75 Å². The molecule has 0 saturated carbocycles. The smallest absolute Gasteiger partial charge is 0.261 e. The van der Waals surface area contributed by atoms with E-state index in [4.69, 9.17) is 17.0 Å². The molecule has 0 aliphatic carbocycles. The number of rotatable bonds is 7. The summed E-state index contributed by atoms with van der Waals surface area (Å²) in [5.74, 6) is 0.267. The number of amides is 1. The monoisotopic (exact) mass is 349 g/mol. The Labute approximate surface area is 145 Å². The van der Waals surface area contributed by atoms with Gasteiger partial charge in [-0.05, 0) is 30.8 Å². The first-order chi connectivity index (χ1) is 11.2. The van der Waals surface area contributed by atoms with Crippen LogP contribution in [0.25, 0.3) is 0 Å². The highest BCUT2D eigenvalue weighted by molar-refractivity contribution is 7.80. The Bertz CT molecular complexity index is 645. The molecule has 2 N–H and O–H groups in total. The average Bonchev–Trinajstić information content (AvgIpc) is 3.04. The summed E-state index contributed by atoms with van der Waals surface area (Å²) >= 11 is 6.53. The molecule has 0 aliphatic rings. The van der Waals surface area contributed by atoms with Crippen molar-refractivity contribution < 1.29 is 9.53 Å². The molecule has 0 saturated heterocycles. The third-order valence-corrected chi connectivity index (χ3v) is 3.91. The van der Waals surface area contributed by atoms with Gasteiger partial charge in [0.2, 0.25) is 0 Å². The number of anilines is 1. The Morgan fingerprint density at radius 1 is 1.35 bits per heavy atom. The molecule has 0 unspecified atom stereocenters. The molecule has 1 aromatic heterocycles. The minimum atomic E-state index is -0.301. The molecule has 23 heavy (non-hydrogen) atoms. The number of benzene rings is 1. The molecule has 0 radical (unpaired) electrons. The number of thiazole rings is 1. The standard InChI is InChI=1S/C16H19N3O2S2/c1-2-3-6-10-21-13-8-5-4-7-12(13)14(20)18-15(22)19-16-17-9-11-23-16/h4-5,7-9,11H,2-3,6,10H2,1H3,(H2,17,18,19,20,22). The van der Waals surface area contributed by atoms with Crippen LogP contribution in [-0.2, 0) is 0 Å². The lowest BCUT2D eigenvalue weighted by atomic mass is 10.2. The number of para-hydroxylation sites is 1. The summed E-state index contributed by atoms with van der Waals surface area (Å²) in [5, 5.41) is 8.19. The molecular formula is C16H19N3O2S2. The maximum absolute atomic E-state index is 12.4. The summed E-state index contributed by atoms with van der Waals surface area (Å²) < 4.78 is 5.71. The number of carbonyl (C=O) groups excluding carboxylic acids is 1. The second-order valence-electron chi connectivity index (χ2n) is 4.80. The molecule has 0 bridgehead atoms. The van der Waals surface area contributed by atoms with Crippen molar-refractivity contribution in [3.05, 3.63) is 41.4 Å². The van der Waals surface area contributed by atoms with Gasteiger partial charge in [0.1, 0.15) is 5.75 Å². The molecule has 0 aliphatic heterocycles. The zero-order chi connectivity index (χ0) is 16.5. The SMILES string of the molecule is CCCCCOc1ccccc1C(=O)NC(=S)Nc1nccs1. The summed E-state index contributed by atoms with van der Waals surface area (Å²) in [6.07, 6.45) is 4.87. The lowest BCUT2D eigenvalue weighted by Crippen LogP contribution is -2.34. The van der Waals surface area contributed by atoms with E-state index in [2.05, 4.69) is 22.5 Å². The van der Waals surface area contributed by atoms with Crippen LogP contribution < -0.4 is 15.4 Å². The fourth-order valence-corrected chi connectivity index (χ4v) is 2.69. The van der Waals surface area contributed by atoms with Crippen molar-refractivity contribution in [2.75, 3.05) is 11.9 Å². The molecular weight excluding hydrogens is 330 g/mol. The minimum absolute atomic E-state index is 0.214. The fraction of sp³-hybridized carbons (Fsp3) is 0.312. The van der Waals surface area contributed by atoms with Crippen molar-refractivity contribution in [2.24, 2.45) is 0 Å². The molecule has 1 amide bonds. The molecule has 1 aromatic carbocycles. The summed E-state index contributed by atoms with van der Waals surface area (Å²) in [6.45, 7) is 2.73. The predicted molar refractivity (Wildman–Crippen MR) is 97.3 cm³/mol. The Morgan fingerprint density at radius 3 is 2.91 bits per heavy atom. The van der Waals surface area contributed by atoms with Crippen molar-refractivity contribution in [3.8, 4) is 5.75 Å². The summed E-state index contributed by atoms with van der Waals surface area (Å²) in [5.41, 5.74) is 0.465. The van der Waals surface area contributed by atoms with Crippen LogP contribution in [0.15, 0.2) is 35.8 Å². The number of ether oxygens (including phenoxy) is 1. The predicted octanol–water partition coefficient (Wildman–Crippen LogP) is 3.84. The number of hydrogen-bond acceptors (Lipinski definition) is 5. The van der Waals surface area contributed by atoms with Crippen LogP contribution in [0.3, 0.4) is 0 Å². The third-order valence-electron chi connectivity index (χ3n) is 3.02. The van der Waals surface area contributed by atoms with Gasteiger partial charge >= 0.3 is 0 Å². The highest BCUT2D eigenvalue weighted by atomic mass is 32.1. The Kier molecular flexibility index (Phi) is 6.96. The van der Waals surface area contributed by atoms with Gasteiger partial charge in [-0.3, -0.25) is 10.1 Å². The van der Waals surface area contributed by atoms with Crippen LogP contribution in [0.2, 0.25) is 0 Å². The minimum Gasteiger partial charge on any atom is -0.493 e. The van der Waals surface area contributed by atoms with Crippen LogP contribution in [-0.4, -0.2) is 22.6 Å². The van der Waals surface area contributed by atoms with Gasteiger partial charge in [0.15, 0.2) is 10.2 Å². The van der Waals surface area contributed by atoms with Crippen molar-refractivity contribution in [2.45, 2.75) is 26.2 Å². The lowest BCUT2D eigenvalue weighted by molar-refractivity contribution is 0.0973. The molecule has 2 aromatic rings. The number of aromatic nitrogens is 1. The van der Waals surface area contributed by atoms with Crippen molar-refractivity contribution >= 4 is 39.7 Å². The van der Waals surface area contributed by atoms with Gasteiger partial charge < -0.3 is 10.1 Å². The first kappa shape index (κ1) is 17.4. The second-order valence-corrected chi connectivity index (χ2v) is 6.10. The van der Waals surface area contributed by atoms with E-state index in [1.54, 1.807) is 24.4 Å². The third kappa shape index (κ3) is 5.61. The summed E-state index contributed by atoms with van der Waals surface area (Å²) in [6, 6.07) is 7.15. The number of unbranched alkanes of at least 4 members (excludes halogenated alkanes) is 2. The van der Waals surface area contributed by atoms with Gasteiger partial charge in [-0.25, -0.2) is 4.98 Å². The number of nitrogens with zero attached hydrogens (tertiary/aromatic N) is 1. The Hall–Kier alpha value is -1.99. The molecule has 0 atom stereocenters. The van der Waals surface area contributed by atoms with Crippen molar-refractivity contribution in [1.82, 2.24) is 10.3 Å². The average molecular weight is 349 g/mol. The van der Waals surface area contributed by atoms with E-state index in [0.29, 0.717) is 23.1 Å². The molecule has 122 valence electrons. The topological polar surface area (TPSA) is 63.2 Å². The van der Waals surface area contributed by atoms with Gasteiger partial charge in [-0.2, -0.15) is 0 Å². The molecule has 1 heterocycles. The first-order valence-corrected chi connectivity index (χ1v) is 8.73. The van der Waals surface area contributed by atoms with Gasteiger partial charge in [0.25, 0.3) is 5.91 Å². The molecule has 2 rings (SSSR count). The van der Waals surface area contributed by atoms with Gasteiger partial charge in [-0.15, -0.1) is 11.3 Å². The number of hydrogen-bond donors (Lipinski definition) is 2. The van der Waals surface area contributed by atoms with Gasteiger partial charge in [-0.1, -0.05) is 31.9 Å². The summed E-state index contributed by atoms with van der Waals surface area (Å²) in [4.78, 5) is 16.4. The Morgan fingerprint density at radius 2 is 2.17 bits per heavy atom. The van der Waals surface area contributed by atoms with Crippen LogP contribution in [0.4, 0.5) is 5.13 Å². The van der Waals surface area contributed by atoms with E-state index in [9.17, 15) is 4.79 Å². The molecule has 0 spiro atoms. The molecule has 0 fully saturated rings. The van der Waals surface area contributed by atoms with E-state index in [-0.39, 0.29) is 11.0 Å². The number of thiocarbonyl (C=S) groups is 1. The highest BCUT2D eigenvalue weighted by Gasteiger charge is 2.13. The highest BCUT2D eigenvalue weighted by Crippen LogP contribution is 2.18. The van der Waals surface area contributed by atoms with Gasteiger partial charge in [0, 0.05) is 11.6 Å².